The molecule has 234 valence electrons. The molecule has 0 saturated carbocycles. The molecule has 2 aliphatic heterocycles. The summed E-state index contributed by atoms with van der Waals surface area (Å²) in [6, 6.07) is 8.54. The molecule has 0 bridgehead atoms. The Balaban J connectivity index is 1.28. The summed E-state index contributed by atoms with van der Waals surface area (Å²) in [6.45, 7) is 11.0. The van der Waals surface area contributed by atoms with Crippen LogP contribution in [0.5, 0.6) is 0 Å². The summed E-state index contributed by atoms with van der Waals surface area (Å²) in [5.41, 5.74) is 12.1. The van der Waals surface area contributed by atoms with E-state index in [9.17, 15) is 19.2 Å². The third kappa shape index (κ3) is 8.18. The molecule has 0 spiro atoms. The van der Waals surface area contributed by atoms with Crippen molar-refractivity contribution in [2.24, 2.45) is 17.4 Å². The molecule has 2 fully saturated rings. The second kappa shape index (κ2) is 13.7. The van der Waals surface area contributed by atoms with Crippen molar-refractivity contribution in [2.45, 2.75) is 64.7 Å². The van der Waals surface area contributed by atoms with Gasteiger partial charge in [0.05, 0.1) is 11.7 Å². The molecule has 13 heteroatoms. The molecular weight excluding hydrogens is 550 g/mol. The van der Waals surface area contributed by atoms with Crippen LogP contribution in [0.25, 0.3) is 5.69 Å². The van der Waals surface area contributed by atoms with Gasteiger partial charge in [0.2, 0.25) is 11.8 Å². The Morgan fingerprint density at radius 3 is 2.16 bits per heavy atom. The highest BCUT2D eigenvalue weighted by Crippen LogP contribution is 2.16. The smallest absolute Gasteiger partial charge is 0.341 e. The highest BCUT2D eigenvalue weighted by Gasteiger charge is 2.37. The van der Waals surface area contributed by atoms with Gasteiger partial charge in [-0.2, -0.15) is 4.98 Å². The van der Waals surface area contributed by atoms with Gasteiger partial charge in [-0.3, -0.25) is 24.4 Å². The summed E-state index contributed by atoms with van der Waals surface area (Å²) < 4.78 is 1.43. The van der Waals surface area contributed by atoms with Crippen LogP contribution in [-0.2, 0) is 16.1 Å². The number of nitrogens with two attached hydrogens (primary N) is 2. The molecule has 43 heavy (non-hydrogen) atoms. The number of likely N-dealkylation sites (tertiary alicyclic amines) is 1. The minimum atomic E-state index is -1.13. The molecule has 6 N–H and O–H groups in total. The summed E-state index contributed by atoms with van der Waals surface area (Å²) in [5, 5.41) is 5.44. The normalized spacial score (nSPS) is 17.6. The first-order valence-corrected chi connectivity index (χ1v) is 14.9. The molecule has 1 atom stereocenters. The number of carbonyl (C=O) groups excluding carboxylic acids is 3. The van der Waals surface area contributed by atoms with Crippen LogP contribution in [0.2, 0.25) is 0 Å². The maximum Gasteiger partial charge on any atom is 0.354 e. The zero-order chi connectivity index (χ0) is 31.3. The van der Waals surface area contributed by atoms with Crippen LogP contribution in [0, 0.1) is 5.92 Å². The van der Waals surface area contributed by atoms with E-state index >= 15 is 0 Å². The van der Waals surface area contributed by atoms with Crippen LogP contribution < -0.4 is 27.8 Å². The van der Waals surface area contributed by atoms with Gasteiger partial charge in [-0.1, -0.05) is 26.0 Å². The van der Waals surface area contributed by atoms with E-state index in [0.717, 1.165) is 38.0 Å². The number of nitrogens with one attached hydrogen (secondary N) is 2. The number of urea groups is 1. The van der Waals surface area contributed by atoms with Gasteiger partial charge >= 0.3 is 11.7 Å². The number of piperidine rings is 1. The number of rotatable bonds is 8. The lowest BCUT2D eigenvalue weighted by Gasteiger charge is -2.39. The Hall–Kier alpha value is -3.81. The van der Waals surface area contributed by atoms with Crippen LogP contribution >= 0.6 is 0 Å². The minimum Gasteiger partial charge on any atom is -0.341 e. The van der Waals surface area contributed by atoms with Crippen molar-refractivity contribution in [3.05, 3.63) is 52.6 Å². The van der Waals surface area contributed by atoms with Crippen molar-refractivity contribution in [3.63, 3.8) is 0 Å². The zero-order valence-corrected chi connectivity index (χ0v) is 25.6. The molecule has 2 saturated heterocycles. The van der Waals surface area contributed by atoms with Crippen LogP contribution in [0.15, 0.2) is 41.3 Å². The number of piperazine rings is 1. The van der Waals surface area contributed by atoms with E-state index in [-0.39, 0.29) is 23.6 Å². The van der Waals surface area contributed by atoms with E-state index in [1.807, 2.05) is 38.1 Å². The van der Waals surface area contributed by atoms with E-state index < -0.39 is 23.3 Å². The maximum absolute atomic E-state index is 13.1. The lowest BCUT2D eigenvalue weighted by atomic mass is 9.99. The number of carbonyl (C=O) groups is 3. The summed E-state index contributed by atoms with van der Waals surface area (Å²) in [7, 11) is 0. The molecule has 2 aromatic rings. The number of hydrogen-bond donors (Lipinski definition) is 4. The van der Waals surface area contributed by atoms with E-state index in [4.69, 9.17) is 11.5 Å². The molecular formula is C30H45N9O4. The summed E-state index contributed by atoms with van der Waals surface area (Å²) in [6.07, 6.45) is 3.60. The highest BCUT2D eigenvalue weighted by atomic mass is 16.2. The van der Waals surface area contributed by atoms with Crippen molar-refractivity contribution in [1.29, 1.82) is 0 Å². The van der Waals surface area contributed by atoms with E-state index in [2.05, 4.69) is 20.5 Å². The number of benzene rings is 1. The Kier molecular flexibility index (Phi) is 10.2. The SMILES string of the molecule is CC(C)C(N)C(=O)NC(C)(C)C(=O)N1CCN(C(=O)Nc2ccn(-c3ccc(CN4CCC(N)CC4)cc3)c(=O)n2)CC1. The number of hydrogen-bond acceptors (Lipinski definition) is 8. The fourth-order valence-corrected chi connectivity index (χ4v) is 5.24. The number of nitrogens with zero attached hydrogens (tertiary/aromatic N) is 5. The van der Waals surface area contributed by atoms with Gasteiger partial charge < -0.3 is 26.6 Å². The Bertz CT molecular complexity index is 1340. The molecule has 0 radical (unpaired) electrons. The largest absolute Gasteiger partial charge is 0.354 e. The number of aromatic nitrogens is 2. The second-order valence-electron chi connectivity index (χ2n) is 12.3. The van der Waals surface area contributed by atoms with E-state index in [1.165, 1.54) is 4.57 Å². The van der Waals surface area contributed by atoms with Crippen LogP contribution in [0.3, 0.4) is 0 Å². The molecule has 0 aliphatic carbocycles. The first kappa shape index (κ1) is 32.1. The summed E-state index contributed by atoms with van der Waals surface area (Å²) in [4.78, 5) is 60.8. The summed E-state index contributed by atoms with van der Waals surface area (Å²) >= 11 is 0. The van der Waals surface area contributed by atoms with Crippen molar-refractivity contribution >= 4 is 23.7 Å². The van der Waals surface area contributed by atoms with Gasteiger partial charge in [-0.15, -0.1) is 0 Å². The lowest BCUT2D eigenvalue weighted by Crippen LogP contribution is -2.62. The van der Waals surface area contributed by atoms with Gasteiger partial charge in [0.15, 0.2) is 0 Å². The predicted octanol–water partition coefficient (Wildman–Crippen LogP) is 0.710. The van der Waals surface area contributed by atoms with Crippen LogP contribution in [0.4, 0.5) is 10.6 Å². The molecule has 4 amide bonds. The molecule has 1 aromatic carbocycles. The molecule has 13 nitrogen and oxygen atoms in total. The molecule has 1 unspecified atom stereocenters. The van der Waals surface area contributed by atoms with E-state index in [0.29, 0.717) is 37.9 Å². The first-order chi connectivity index (χ1) is 20.3. The molecule has 2 aliphatic rings. The molecule has 4 rings (SSSR count). The number of anilines is 1. The third-order valence-corrected chi connectivity index (χ3v) is 8.14. The number of amides is 4. The van der Waals surface area contributed by atoms with Crippen molar-refractivity contribution < 1.29 is 14.4 Å². The van der Waals surface area contributed by atoms with Crippen molar-refractivity contribution in [1.82, 2.24) is 29.6 Å². The van der Waals surface area contributed by atoms with Crippen LogP contribution in [-0.4, -0.2) is 99.0 Å². The lowest BCUT2D eigenvalue weighted by molar-refractivity contribution is -0.142. The average Bonchev–Trinajstić information content (AvgIpc) is 2.98. The van der Waals surface area contributed by atoms with Gasteiger partial charge in [0.1, 0.15) is 11.4 Å². The quantitative estimate of drug-likeness (QED) is 0.346. The standard InChI is InChI=1S/C30H45N9O4/c1-20(2)25(32)26(40)35-30(3,4)27(41)37-15-17-38(18-16-37)28(42)33-24-11-14-39(29(43)34-24)23-7-5-21(6-8-23)19-36-12-9-22(31)10-13-36/h5-8,11,14,20,22,25H,9-10,12-13,15-19,31-32H2,1-4H3,(H,35,40)(H,33,34,42,43). The molecule has 3 heterocycles. The fraction of sp³-hybridized carbons (Fsp3) is 0.567. The van der Waals surface area contributed by atoms with Gasteiger partial charge in [-0.05, 0) is 69.5 Å². The highest BCUT2D eigenvalue weighted by molar-refractivity contribution is 5.93. The maximum atomic E-state index is 13.1. The van der Waals surface area contributed by atoms with Gasteiger partial charge in [-0.25, -0.2) is 9.59 Å². The Morgan fingerprint density at radius 1 is 0.977 bits per heavy atom. The van der Waals surface area contributed by atoms with Crippen molar-refractivity contribution in [3.8, 4) is 5.69 Å². The van der Waals surface area contributed by atoms with E-state index in [1.54, 1.807) is 35.9 Å². The average molecular weight is 596 g/mol. The summed E-state index contributed by atoms with van der Waals surface area (Å²) in [5.74, 6) is -0.533. The molecule has 1 aromatic heterocycles. The monoisotopic (exact) mass is 595 g/mol. The predicted molar refractivity (Wildman–Crippen MR) is 165 cm³/mol. The van der Waals surface area contributed by atoms with Crippen molar-refractivity contribution in [2.75, 3.05) is 44.6 Å². The van der Waals surface area contributed by atoms with Gasteiger partial charge in [0.25, 0.3) is 0 Å². The Morgan fingerprint density at radius 2 is 1.58 bits per heavy atom. The zero-order valence-electron chi connectivity index (χ0n) is 25.6. The second-order valence-corrected chi connectivity index (χ2v) is 12.3. The topological polar surface area (TPSA) is 172 Å². The minimum absolute atomic E-state index is 0.0586. The Labute approximate surface area is 252 Å². The first-order valence-electron chi connectivity index (χ1n) is 14.9. The van der Waals surface area contributed by atoms with Gasteiger partial charge in [0, 0.05) is 45.0 Å². The van der Waals surface area contributed by atoms with Crippen LogP contribution in [0.1, 0.15) is 46.1 Å². The third-order valence-electron chi connectivity index (χ3n) is 8.14. The fourth-order valence-electron chi connectivity index (χ4n) is 5.24.